The van der Waals surface area contributed by atoms with Gasteiger partial charge in [0.25, 0.3) is 0 Å². The Morgan fingerprint density at radius 3 is 1.81 bits per heavy atom. The predicted octanol–water partition coefficient (Wildman–Crippen LogP) is 3.57. The maximum absolute atomic E-state index is 6.79. The van der Waals surface area contributed by atoms with E-state index in [1.54, 1.807) is 0 Å². The number of anilines is 1. The number of benzene rings is 1. The van der Waals surface area contributed by atoms with Crippen molar-refractivity contribution >= 4 is 29.3 Å². The van der Waals surface area contributed by atoms with Crippen molar-refractivity contribution < 1.29 is 0 Å². The van der Waals surface area contributed by atoms with Crippen LogP contribution in [0.1, 0.15) is 20.8 Å². The zero-order valence-corrected chi connectivity index (χ0v) is 12.9. The Labute approximate surface area is 105 Å². The Hall–Kier alpha value is -0.473. The van der Waals surface area contributed by atoms with E-state index in [-0.39, 0.29) is 5.04 Å². The summed E-state index contributed by atoms with van der Waals surface area (Å²) in [7, 11) is 2.22. The van der Waals surface area contributed by atoms with Gasteiger partial charge in [-0.2, -0.15) is 11.1 Å². The molecule has 1 nitrogen and oxygen atoms in total. The van der Waals surface area contributed by atoms with Crippen LogP contribution in [0.2, 0.25) is 11.6 Å². The van der Waals surface area contributed by atoms with Crippen LogP contribution in [0, 0.1) is 0 Å². The maximum atomic E-state index is 6.79. The van der Waals surface area contributed by atoms with Gasteiger partial charge in [0.05, 0.1) is 0 Å². The van der Waals surface area contributed by atoms with E-state index >= 15 is 0 Å². The Morgan fingerprint density at radius 1 is 1.06 bits per heavy atom. The van der Waals surface area contributed by atoms with E-state index in [0.717, 1.165) is 0 Å². The highest BCUT2D eigenvalue weighted by Crippen LogP contribution is 2.38. The molecule has 90 valence electrons. The molecule has 1 aromatic carbocycles. The quantitative estimate of drug-likeness (QED) is 0.577. The SMILES string of the molecule is CN(C)c1ccc([Si](C)(Cl)C(C)(C)C)cc1. The lowest BCUT2D eigenvalue weighted by molar-refractivity contribution is 0.740. The van der Waals surface area contributed by atoms with Gasteiger partial charge < -0.3 is 4.90 Å². The lowest BCUT2D eigenvalue weighted by atomic mass is 10.2. The summed E-state index contributed by atoms with van der Waals surface area (Å²) in [5, 5.41) is 1.49. The number of hydrogen-bond donors (Lipinski definition) is 0. The molecular weight excluding hydrogens is 234 g/mol. The number of nitrogens with zero attached hydrogens (tertiary/aromatic N) is 1. The molecule has 1 aromatic rings. The number of halogens is 1. The molecule has 1 atom stereocenters. The fourth-order valence-electron chi connectivity index (χ4n) is 1.51. The summed E-state index contributed by atoms with van der Waals surface area (Å²) < 4.78 is 0. The molecule has 0 bridgehead atoms. The van der Waals surface area contributed by atoms with E-state index in [2.05, 4.69) is 70.6 Å². The van der Waals surface area contributed by atoms with E-state index in [1.165, 1.54) is 10.9 Å². The molecule has 1 unspecified atom stereocenters. The maximum Gasteiger partial charge on any atom is 0.189 e. The van der Waals surface area contributed by atoms with Gasteiger partial charge in [-0.3, -0.25) is 0 Å². The zero-order valence-electron chi connectivity index (χ0n) is 11.1. The van der Waals surface area contributed by atoms with E-state index in [0.29, 0.717) is 0 Å². The monoisotopic (exact) mass is 255 g/mol. The van der Waals surface area contributed by atoms with Crippen molar-refractivity contribution in [1.82, 2.24) is 0 Å². The van der Waals surface area contributed by atoms with Crippen molar-refractivity contribution in [2.75, 3.05) is 19.0 Å². The first-order chi connectivity index (χ1) is 7.16. The van der Waals surface area contributed by atoms with Gasteiger partial charge in [-0.1, -0.05) is 39.5 Å². The molecule has 0 heterocycles. The van der Waals surface area contributed by atoms with Gasteiger partial charge in [-0.25, -0.2) is 0 Å². The first kappa shape index (κ1) is 13.6. The molecule has 0 saturated heterocycles. The molecule has 0 aliphatic heterocycles. The summed E-state index contributed by atoms with van der Waals surface area (Å²) in [6.07, 6.45) is 0. The molecule has 0 saturated carbocycles. The Kier molecular flexibility index (Phi) is 3.75. The third-order valence-electron chi connectivity index (χ3n) is 3.33. The molecule has 0 N–H and O–H groups in total. The van der Waals surface area contributed by atoms with Crippen molar-refractivity contribution in [2.24, 2.45) is 0 Å². The molecule has 0 amide bonds. The van der Waals surface area contributed by atoms with Crippen molar-refractivity contribution in [3.8, 4) is 0 Å². The third-order valence-corrected chi connectivity index (χ3v) is 9.92. The van der Waals surface area contributed by atoms with Crippen LogP contribution < -0.4 is 10.1 Å². The highest BCUT2D eigenvalue weighted by molar-refractivity contribution is 7.28. The zero-order chi connectivity index (χ0) is 12.6. The second-order valence-electron chi connectivity index (χ2n) is 5.69. The fourth-order valence-corrected chi connectivity index (χ4v) is 3.54. The normalized spacial score (nSPS) is 15.7. The second-order valence-corrected chi connectivity index (χ2v) is 12.0. The van der Waals surface area contributed by atoms with Crippen molar-refractivity contribution in [2.45, 2.75) is 32.4 Å². The van der Waals surface area contributed by atoms with Crippen molar-refractivity contribution in [3.63, 3.8) is 0 Å². The summed E-state index contributed by atoms with van der Waals surface area (Å²) >= 11 is 6.79. The minimum absolute atomic E-state index is 0.175. The van der Waals surface area contributed by atoms with Crippen LogP contribution in [-0.4, -0.2) is 21.5 Å². The molecule has 0 aliphatic rings. The van der Waals surface area contributed by atoms with Gasteiger partial charge in [0.2, 0.25) is 0 Å². The smallest absolute Gasteiger partial charge is 0.189 e. The highest BCUT2D eigenvalue weighted by Gasteiger charge is 2.40. The Bertz CT molecular complexity index is 349. The third kappa shape index (κ3) is 2.61. The van der Waals surface area contributed by atoms with E-state index in [1.807, 2.05) is 0 Å². The van der Waals surface area contributed by atoms with Crippen LogP contribution in [0.4, 0.5) is 5.69 Å². The minimum atomic E-state index is -1.89. The average molecular weight is 256 g/mol. The first-order valence-electron chi connectivity index (χ1n) is 5.63. The van der Waals surface area contributed by atoms with E-state index in [4.69, 9.17) is 11.1 Å². The van der Waals surface area contributed by atoms with Gasteiger partial charge >= 0.3 is 0 Å². The summed E-state index contributed by atoms with van der Waals surface area (Å²) in [4.78, 5) is 2.11. The Balaban J connectivity index is 3.07. The van der Waals surface area contributed by atoms with Crippen LogP contribution >= 0.6 is 11.1 Å². The standard InChI is InChI=1S/C13H22ClNSi/c1-13(2,3)16(6,14)12-9-7-11(8-10-12)15(4)5/h7-10H,1-6H3. The van der Waals surface area contributed by atoms with Gasteiger partial charge in [0.1, 0.15) is 0 Å². The van der Waals surface area contributed by atoms with Gasteiger partial charge in [0.15, 0.2) is 7.38 Å². The summed E-state index contributed by atoms with van der Waals surface area (Å²) in [5.74, 6) is 0. The average Bonchev–Trinajstić information content (AvgIpc) is 2.16. The summed E-state index contributed by atoms with van der Waals surface area (Å²) in [6, 6.07) is 8.66. The van der Waals surface area contributed by atoms with Crippen LogP contribution in [0.5, 0.6) is 0 Å². The van der Waals surface area contributed by atoms with Crippen molar-refractivity contribution in [1.29, 1.82) is 0 Å². The lowest BCUT2D eigenvalue weighted by Crippen LogP contribution is -2.47. The van der Waals surface area contributed by atoms with Gasteiger partial charge in [-0.05, 0) is 22.4 Å². The lowest BCUT2D eigenvalue weighted by Gasteiger charge is -2.34. The molecule has 0 radical (unpaired) electrons. The van der Waals surface area contributed by atoms with Crippen molar-refractivity contribution in [3.05, 3.63) is 24.3 Å². The van der Waals surface area contributed by atoms with Crippen LogP contribution in [0.3, 0.4) is 0 Å². The fraction of sp³-hybridized carbons (Fsp3) is 0.538. The topological polar surface area (TPSA) is 3.24 Å². The molecule has 0 spiro atoms. The minimum Gasteiger partial charge on any atom is -0.378 e. The Morgan fingerprint density at radius 2 is 1.50 bits per heavy atom. The molecular formula is C13H22ClNSi. The van der Waals surface area contributed by atoms with Gasteiger partial charge in [-0.15, -0.1) is 0 Å². The predicted molar refractivity (Wildman–Crippen MR) is 77.6 cm³/mol. The molecule has 16 heavy (non-hydrogen) atoms. The summed E-state index contributed by atoms with van der Waals surface area (Å²) in [5.41, 5.74) is 1.22. The van der Waals surface area contributed by atoms with E-state index in [9.17, 15) is 0 Å². The molecule has 0 aliphatic carbocycles. The summed E-state index contributed by atoms with van der Waals surface area (Å²) in [6.45, 7) is 8.91. The second kappa shape index (κ2) is 4.42. The molecule has 0 fully saturated rings. The molecule has 0 aromatic heterocycles. The number of rotatable bonds is 2. The van der Waals surface area contributed by atoms with E-state index < -0.39 is 7.38 Å². The first-order valence-corrected chi connectivity index (χ1v) is 9.14. The molecule has 3 heteroatoms. The van der Waals surface area contributed by atoms with Gasteiger partial charge in [0, 0.05) is 19.8 Å². The van der Waals surface area contributed by atoms with Crippen LogP contribution in [0.15, 0.2) is 24.3 Å². The van der Waals surface area contributed by atoms with Crippen LogP contribution in [0.25, 0.3) is 0 Å². The number of hydrogen-bond acceptors (Lipinski definition) is 1. The van der Waals surface area contributed by atoms with Crippen LogP contribution in [-0.2, 0) is 0 Å². The highest BCUT2D eigenvalue weighted by atomic mass is 35.6. The molecule has 1 rings (SSSR count). The largest absolute Gasteiger partial charge is 0.378 e.